The number of guanidine groups is 1. The Morgan fingerprint density at radius 2 is 1.86 bits per heavy atom. The molecular weight excluding hydrogens is 391 g/mol. The van der Waals surface area contributed by atoms with Crippen molar-refractivity contribution >= 4 is 29.9 Å². The van der Waals surface area contributed by atoms with E-state index in [4.69, 9.17) is 4.74 Å². The van der Waals surface area contributed by atoms with Crippen LogP contribution in [0.3, 0.4) is 0 Å². The normalized spacial score (nSPS) is 13.2. The summed E-state index contributed by atoms with van der Waals surface area (Å²) in [6, 6.07) is 0. The summed E-state index contributed by atoms with van der Waals surface area (Å²) >= 11 is 0. The zero-order valence-corrected chi connectivity index (χ0v) is 17.6. The number of aliphatic imine (C=N–C) groups is 1. The molecule has 0 bridgehead atoms. The Balaban J connectivity index is 0. The van der Waals surface area contributed by atoms with Gasteiger partial charge in [0.05, 0.1) is 6.10 Å². The fraction of sp³-hybridized carbons (Fsp3) is 0.938. The summed E-state index contributed by atoms with van der Waals surface area (Å²) in [6.07, 6.45) is 2.41. The molecule has 22 heavy (non-hydrogen) atoms. The van der Waals surface area contributed by atoms with Crippen LogP contribution in [0, 0.1) is 5.92 Å². The molecule has 6 heteroatoms. The van der Waals surface area contributed by atoms with Crippen LogP contribution < -0.4 is 10.6 Å². The third-order valence-electron chi connectivity index (χ3n) is 3.22. The maximum absolute atomic E-state index is 5.76. The smallest absolute Gasteiger partial charge is 0.191 e. The molecule has 0 fully saturated rings. The third-order valence-corrected chi connectivity index (χ3v) is 3.22. The molecule has 2 N–H and O–H groups in total. The number of hydrogen-bond acceptors (Lipinski definition) is 3. The van der Waals surface area contributed by atoms with Gasteiger partial charge in [0.1, 0.15) is 0 Å². The Morgan fingerprint density at radius 3 is 2.36 bits per heavy atom. The Labute approximate surface area is 154 Å². The largest absolute Gasteiger partial charge is 0.378 e. The molecular formula is C16H37IN4O. The maximum atomic E-state index is 5.76. The van der Waals surface area contributed by atoms with Crippen molar-refractivity contribution in [1.29, 1.82) is 0 Å². The predicted octanol–water partition coefficient (Wildman–Crippen LogP) is 2.56. The van der Waals surface area contributed by atoms with Gasteiger partial charge in [-0.1, -0.05) is 13.8 Å². The van der Waals surface area contributed by atoms with E-state index in [0.717, 1.165) is 51.6 Å². The summed E-state index contributed by atoms with van der Waals surface area (Å²) in [4.78, 5) is 6.79. The zero-order valence-electron chi connectivity index (χ0n) is 15.3. The van der Waals surface area contributed by atoms with Crippen LogP contribution in [0.4, 0.5) is 0 Å². The summed E-state index contributed by atoms with van der Waals surface area (Å²) in [7, 11) is 4.18. The molecule has 0 amide bonds. The van der Waals surface area contributed by atoms with Gasteiger partial charge in [0.2, 0.25) is 0 Å². The molecule has 0 rings (SSSR count). The molecule has 0 spiro atoms. The monoisotopic (exact) mass is 428 g/mol. The van der Waals surface area contributed by atoms with Crippen molar-refractivity contribution in [2.45, 2.75) is 46.6 Å². The predicted molar refractivity (Wildman–Crippen MR) is 107 cm³/mol. The molecule has 5 nitrogen and oxygen atoms in total. The summed E-state index contributed by atoms with van der Waals surface area (Å²) in [5.41, 5.74) is 0. The van der Waals surface area contributed by atoms with Crippen molar-refractivity contribution in [3.8, 4) is 0 Å². The average Bonchev–Trinajstić information content (AvgIpc) is 2.42. The second-order valence-electron chi connectivity index (χ2n) is 5.87. The minimum absolute atomic E-state index is 0. The van der Waals surface area contributed by atoms with Crippen molar-refractivity contribution in [2.24, 2.45) is 10.9 Å². The SMILES string of the molecule is CCNC(=NCCCN(C)C)NCCC(OCC)C(C)C.I. The molecule has 0 aromatic rings. The molecule has 0 saturated heterocycles. The summed E-state index contributed by atoms with van der Waals surface area (Å²) in [5.74, 6) is 1.46. The lowest BCUT2D eigenvalue weighted by Gasteiger charge is -2.21. The van der Waals surface area contributed by atoms with Gasteiger partial charge in [0.25, 0.3) is 0 Å². The highest BCUT2D eigenvalue weighted by atomic mass is 127. The van der Waals surface area contributed by atoms with E-state index in [1.807, 2.05) is 0 Å². The van der Waals surface area contributed by atoms with Crippen LogP contribution >= 0.6 is 24.0 Å². The minimum atomic E-state index is 0. The van der Waals surface area contributed by atoms with Crippen LogP contribution in [0.2, 0.25) is 0 Å². The Kier molecular flexibility index (Phi) is 17.4. The van der Waals surface area contributed by atoms with E-state index in [0.29, 0.717) is 12.0 Å². The third kappa shape index (κ3) is 13.6. The molecule has 0 radical (unpaired) electrons. The fourth-order valence-corrected chi connectivity index (χ4v) is 2.08. The van der Waals surface area contributed by atoms with E-state index in [1.165, 1.54) is 0 Å². The summed E-state index contributed by atoms with van der Waals surface area (Å²) in [5, 5.41) is 6.69. The first-order valence-corrected chi connectivity index (χ1v) is 8.29. The number of rotatable bonds is 11. The molecule has 0 aliphatic carbocycles. The number of nitrogens with zero attached hydrogens (tertiary/aromatic N) is 2. The van der Waals surface area contributed by atoms with Gasteiger partial charge >= 0.3 is 0 Å². The molecule has 0 aliphatic rings. The van der Waals surface area contributed by atoms with E-state index < -0.39 is 0 Å². The summed E-state index contributed by atoms with van der Waals surface area (Å²) in [6.45, 7) is 13.0. The quantitative estimate of drug-likeness (QED) is 0.230. The molecule has 0 aromatic carbocycles. The van der Waals surface area contributed by atoms with E-state index >= 15 is 0 Å². The highest BCUT2D eigenvalue weighted by Crippen LogP contribution is 2.09. The van der Waals surface area contributed by atoms with Crippen molar-refractivity contribution in [3.05, 3.63) is 0 Å². The molecule has 134 valence electrons. The standard InChI is InChI=1S/C16H36N4O.HI/c1-7-17-16(18-11-9-13-20(5)6)19-12-10-15(14(3)4)21-8-2;/h14-15H,7-13H2,1-6H3,(H2,17,18,19);1H. The van der Waals surface area contributed by atoms with Gasteiger partial charge in [-0.05, 0) is 53.2 Å². The Hall–Kier alpha value is -0.0800. The van der Waals surface area contributed by atoms with Gasteiger partial charge in [-0.2, -0.15) is 0 Å². The van der Waals surface area contributed by atoms with Crippen molar-refractivity contribution in [3.63, 3.8) is 0 Å². The molecule has 0 aliphatic heterocycles. The lowest BCUT2D eigenvalue weighted by Crippen LogP contribution is -2.39. The van der Waals surface area contributed by atoms with Crippen LogP contribution in [-0.2, 0) is 4.74 Å². The molecule has 0 aromatic heterocycles. The first kappa shape index (κ1) is 24.2. The first-order valence-electron chi connectivity index (χ1n) is 8.29. The molecule has 1 atom stereocenters. The van der Waals surface area contributed by atoms with E-state index in [1.54, 1.807) is 0 Å². The minimum Gasteiger partial charge on any atom is -0.378 e. The van der Waals surface area contributed by atoms with E-state index in [9.17, 15) is 0 Å². The van der Waals surface area contributed by atoms with Crippen molar-refractivity contribution in [1.82, 2.24) is 15.5 Å². The Morgan fingerprint density at radius 1 is 1.18 bits per heavy atom. The lowest BCUT2D eigenvalue weighted by molar-refractivity contribution is 0.0258. The van der Waals surface area contributed by atoms with Crippen LogP contribution in [0.15, 0.2) is 4.99 Å². The van der Waals surface area contributed by atoms with Crippen molar-refractivity contribution in [2.75, 3.05) is 46.9 Å². The van der Waals surface area contributed by atoms with Gasteiger partial charge < -0.3 is 20.3 Å². The topological polar surface area (TPSA) is 48.9 Å². The van der Waals surface area contributed by atoms with Gasteiger partial charge in [0, 0.05) is 26.2 Å². The molecule has 0 saturated carbocycles. The molecule has 1 unspecified atom stereocenters. The molecule has 0 heterocycles. The van der Waals surface area contributed by atoms with Gasteiger partial charge in [0.15, 0.2) is 5.96 Å². The number of halogens is 1. The van der Waals surface area contributed by atoms with Gasteiger partial charge in [-0.15, -0.1) is 24.0 Å². The number of hydrogen-bond donors (Lipinski definition) is 2. The van der Waals surface area contributed by atoms with Crippen molar-refractivity contribution < 1.29 is 4.74 Å². The van der Waals surface area contributed by atoms with E-state index in [-0.39, 0.29) is 24.0 Å². The second kappa shape index (κ2) is 15.8. The van der Waals surface area contributed by atoms with Crippen LogP contribution in [0.5, 0.6) is 0 Å². The van der Waals surface area contributed by atoms with Crippen LogP contribution in [0.25, 0.3) is 0 Å². The highest BCUT2D eigenvalue weighted by Gasteiger charge is 2.12. The maximum Gasteiger partial charge on any atom is 0.191 e. The average molecular weight is 428 g/mol. The zero-order chi connectivity index (χ0) is 16.1. The fourth-order valence-electron chi connectivity index (χ4n) is 2.08. The van der Waals surface area contributed by atoms with E-state index in [2.05, 4.69) is 62.3 Å². The van der Waals surface area contributed by atoms with Gasteiger partial charge in [-0.3, -0.25) is 4.99 Å². The first-order chi connectivity index (χ1) is 10.0. The van der Waals surface area contributed by atoms with Gasteiger partial charge in [-0.25, -0.2) is 0 Å². The lowest BCUT2D eigenvalue weighted by atomic mass is 10.0. The number of ether oxygens (including phenoxy) is 1. The van der Waals surface area contributed by atoms with Crippen LogP contribution in [0.1, 0.15) is 40.5 Å². The van der Waals surface area contributed by atoms with Crippen LogP contribution in [-0.4, -0.2) is 63.8 Å². The summed E-state index contributed by atoms with van der Waals surface area (Å²) < 4.78 is 5.76. The Bertz CT molecular complexity index is 273. The highest BCUT2D eigenvalue weighted by molar-refractivity contribution is 14.0. The number of nitrogens with one attached hydrogen (secondary N) is 2. The second-order valence-corrected chi connectivity index (χ2v) is 5.87.